The highest BCUT2D eigenvalue weighted by Crippen LogP contribution is 2.46. The van der Waals surface area contributed by atoms with Crippen molar-refractivity contribution in [3.63, 3.8) is 0 Å². The van der Waals surface area contributed by atoms with E-state index in [0.29, 0.717) is 33.7 Å². The Kier molecular flexibility index (Phi) is 3.04. The normalized spacial score (nSPS) is 12.1. The second-order valence-electron chi connectivity index (χ2n) is 6.51. The first-order valence-corrected chi connectivity index (χ1v) is 8.27. The fourth-order valence-electron chi connectivity index (χ4n) is 3.81. The summed E-state index contributed by atoms with van der Waals surface area (Å²) in [7, 11) is 1.77. The summed E-state index contributed by atoms with van der Waals surface area (Å²) in [5, 5.41) is 20.9. The highest BCUT2D eigenvalue weighted by Gasteiger charge is 2.30. The van der Waals surface area contributed by atoms with Gasteiger partial charge in [0, 0.05) is 17.0 Å². The molecule has 0 amide bonds. The highest BCUT2D eigenvalue weighted by molar-refractivity contribution is 6.13. The van der Waals surface area contributed by atoms with Crippen molar-refractivity contribution in [2.45, 2.75) is 0 Å². The standard InChI is InChI=1S/C21H12F2N2O2/c1-25-16-9-13(21(24)26)15(23)8-12(16)11-3-2-4-18-19(11)20(25)14-7-10(22)5-6-17(14)27-18/h2-9H,1H3,(H-,24,26). The first-order valence-electron chi connectivity index (χ1n) is 8.27. The number of benzene rings is 3. The molecule has 0 aliphatic carbocycles. The van der Waals surface area contributed by atoms with Crippen LogP contribution in [0.4, 0.5) is 8.78 Å². The fraction of sp³-hybridized carbons (Fsp3) is 0.0476. The molecule has 0 atom stereocenters. The predicted molar refractivity (Wildman–Crippen MR) is 94.9 cm³/mol. The van der Waals surface area contributed by atoms with Gasteiger partial charge in [-0.2, -0.15) is 4.57 Å². The van der Waals surface area contributed by atoms with Crippen LogP contribution in [0.5, 0.6) is 11.5 Å². The number of hydrogen-bond donors (Lipinski definition) is 1. The van der Waals surface area contributed by atoms with E-state index < -0.39 is 17.5 Å². The minimum absolute atomic E-state index is 0.299. The summed E-state index contributed by atoms with van der Waals surface area (Å²) in [5.74, 6) is -1.12. The van der Waals surface area contributed by atoms with E-state index >= 15 is 0 Å². The van der Waals surface area contributed by atoms with E-state index in [1.807, 2.05) is 12.1 Å². The maximum atomic E-state index is 14.4. The van der Waals surface area contributed by atoms with E-state index in [-0.39, 0.29) is 5.56 Å². The van der Waals surface area contributed by atoms with E-state index in [1.54, 1.807) is 23.7 Å². The average Bonchev–Trinajstić information content (AvgIpc) is 2.64. The van der Waals surface area contributed by atoms with Crippen molar-refractivity contribution >= 4 is 27.6 Å². The van der Waals surface area contributed by atoms with Gasteiger partial charge < -0.3 is 15.3 Å². The third-order valence-electron chi connectivity index (χ3n) is 5.00. The van der Waals surface area contributed by atoms with E-state index in [1.165, 1.54) is 24.3 Å². The SMILES string of the molecule is C[n+]1c2c3c(cccc3c3cc(F)c(C(=N)[O-])cc31)Oc1ccc(F)cc1-2. The van der Waals surface area contributed by atoms with Gasteiger partial charge in [-0.3, -0.25) is 0 Å². The van der Waals surface area contributed by atoms with Crippen molar-refractivity contribution in [2.24, 2.45) is 7.05 Å². The van der Waals surface area contributed by atoms with Gasteiger partial charge in [-0.05, 0) is 36.2 Å². The Morgan fingerprint density at radius 1 is 1.04 bits per heavy atom. The quantitative estimate of drug-likeness (QED) is 0.215. The van der Waals surface area contributed by atoms with Crippen molar-refractivity contribution < 1.29 is 23.2 Å². The molecule has 0 bridgehead atoms. The molecule has 1 N–H and O–H groups in total. The summed E-state index contributed by atoms with van der Waals surface area (Å²) in [5.41, 5.74) is 1.56. The van der Waals surface area contributed by atoms with E-state index in [4.69, 9.17) is 10.1 Å². The molecule has 27 heavy (non-hydrogen) atoms. The van der Waals surface area contributed by atoms with Gasteiger partial charge in [-0.25, -0.2) is 8.78 Å². The monoisotopic (exact) mass is 362 g/mol. The zero-order valence-corrected chi connectivity index (χ0v) is 14.1. The zero-order chi connectivity index (χ0) is 18.9. The van der Waals surface area contributed by atoms with Crippen LogP contribution in [0.25, 0.3) is 32.9 Å². The molecule has 2 heterocycles. The Labute approximate surface area is 152 Å². The third kappa shape index (κ3) is 2.07. The summed E-state index contributed by atoms with van der Waals surface area (Å²) in [4.78, 5) is 0. The van der Waals surface area contributed by atoms with Crippen molar-refractivity contribution in [3.8, 4) is 22.8 Å². The van der Waals surface area contributed by atoms with Crippen LogP contribution < -0.4 is 14.4 Å². The lowest BCUT2D eigenvalue weighted by molar-refractivity contribution is -0.632. The lowest BCUT2D eigenvalue weighted by Crippen LogP contribution is -2.34. The maximum absolute atomic E-state index is 14.4. The zero-order valence-electron chi connectivity index (χ0n) is 14.1. The minimum atomic E-state index is -1.09. The molecular weight excluding hydrogens is 350 g/mol. The third-order valence-corrected chi connectivity index (χ3v) is 5.00. The van der Waals surface area contributed by atoms with Gasteiger partial charge in [-0.1, -0.05) is 12.1 Å². The molecule has 1 aliphatic rings. The number of ether oxygens (including phenoxy) is 1. The lowest BCUT2D eigenvalue weighted by Gasteiger charge is -2.20. The number of aromatic nitrogens is 1. The largest absolute Gasteiger partial charge is 0.859 e. The number of halogens is 2. The molecule has 0 saturated heterocycles. The molecular formula is C21H12F2N2O2. The van der Waals surface area contributed by atoms with Crippen LogP contribution in [0, 0.1) is 17.0 Å². The molecule has 0 saturated carbocycles. The molecule has 4 nitrogen and oxygen atoms in total. The predicted octanol–water partition coefficient (Wildman–Crippen LogP) is 3.55. The molecule has 1 aliphatic heterocycles. The summed E-state index contributed by atoms with van der Waals surface area (Å²) >= 11 is 0. The molecule has 0 radical (unpaired) electrons. The number of fused-ring (bicyclic) bond motifs is 4. The van der Waals surface area contributed by atoms with Crippen molar-refractivity contribution in [1.29, 1.82) is 5.41 Å². The number of pyridine rings is 1. The lowest BCUT2D eigenvalue weighted by atomic mass is 9.95. The molecule has 1 aromatic heterocycles. The summed E-state index contributed by atoms with van der Waals surface area (Å²) in [6.45, 7) is 0. The van der Waals surface area contributed by atoms with Gasteiger partial charge in [0.05, 0.1) is 16.3 Å². The van der Waals surface area contributed by atoms with E-state index in [2.05, 4.69) is 0 Å². The highest BCUT2D eigenvalue weighted by atomic mass is 19.1. The number of nitrogens with one attached hydrogen (secondary N) is 1. The van der Waals surface area contributed by atoms with Gasteiger partial charge in [0.1, 0.15) is 30.2 Å². The molecule has 6 heteroatoms. The number of rotatable bonds is 1. The van der Waals surface area contributed by atoms with Crippen LogP contribution in [0.2, 0.25) is 0 Å². The Morgan fingerprint density at radius 3 is 2.63 bits per heavy atom. The second kappa shape index (κ2) is 5.23. The smallest absolute Gasteiger partial charge is 0.228 e. The van der Waals surface area contributed by atoms with Crippen molar-refractivity contribution in [3.05, 3.63) is 65.7 Å². The second-order valence-corrected chi connectivity index (χ2v) is 6.51. The van der Waals surface area contributed by atoms with Gasteiger partial charge in [0.15, 0.2) is 0 Å². The minimum Gasteiger partial charge on any atom is -0.859 e. The topological polar surface area (TPSA) is 60.0 Å². The summed E-state index contributed by atoms with van der Waals surface area (Å²) in [6, 6.07) is 12.4. The van der Waals surface area contributed by atoms with E-state index in [9.17, 15) is 13.9 Å². The van der Waals surface area contributed by atoms with Crippen LogP contribution in [0.15, 0.2) is 48.5 Å². The van der Waals surface area contributed by atoms with Gasteiger partial charge in [0.25, 0.3) is 0 Å². The first-order chi connectivity index (χ1) is 13.0. The van der Waals surface area contributed by atoms with Gasteiger partial charge >= 0.3 is 0 Å². The van der Waals surface area contributed by atoms with Gasteiger partial charge in [-0.15, -0.1) is 0 Å². The summed E-state index contributed by atoms with van der Waals surface area (Å²) in [6.07, 6.45) is 0. The fourth-order valence-corrected chi connectivity index (χ4v) is 3.81. The Bertz CT molecular complexity index is 1320. The average molecular weight is 362 g/mol. The molecule has 132 valence electrons. The van der Waals surface area contributed by atoms with E-state index in [0.717, 1.165) is 10.8 Å². The maximum Gasteiger partial charge on any atom is 0.228 e. The molecule has 4 aromatic rings. The van der Waals surface area contributed by atoms with Crippen molar-refractivity contribution in [1.82, 2.24) is 0 Å². The molecule has 5 rings (SSSR count). The molecule has 0 fully saturated rings. The van der Waals surface area contributed by atoms with Crippen LogP contribution >= 0.6 is 0 Å². The van der Waals surface area contributed by atoms with Crippen LogP contribution in [-0.4, -0.2) is 5.90 Å². The first kappa shape index (κ1) is 15.7. The molecule has 0 unspecified atom stereocenters. The van der Waals surface area contributed by atoms with Crippen molar-refractivity contribution in [2.75, 3.05) is 0 Å². The Morgan fingerprint density at radius 2 is 1.85 bits per heavy atom. The Hall–Kier alpha value is -3.54. The number of hydrogen-bond acceptors (Lipinski definition) is 3. The van der Waals surface area contributed by atoms with Crippen LogP contribution in [0.1, 0.15) is 5.56 Å². The molecule has 0 spiro atoms. The number of nitrogens with zero attached hydrogens (tertiary/aromatic N) is 1. The van der Waals surface area contributed by atoms with Gasteiger partial charge in [0.2, 0.25) is 11.2 Å². The van der Waals surface area contributed by atoms with Crippen LogP contribution in [0.3, 0.4) is 0 Å². The summed E-state index contributed by atoms with van der Waals surface area (Å²) < 4.78 is 36.1. The Balaban J connectivity index is 2.04. The molecule has 3 aromatic carbocycles. The van der Waals surface area contributed by atoms with Crippen LogP contribution in [-0.2, 0) is 7.05 Å². The number of aryl methyl sites for hydroxylation is 1.